The van der Waals surface area contributed by atoms with E-state index in [1.165, 1.54) is 0 Å². The summed E-state index contributed by atoms with van der Waals surface area (Å²) in [6.45, 7) is 5.66. The number of hydrogen-bond donors (Lipinski definition) is 4. The summed E-state index contributed by atoms with van der Waals surface area (Å²) in [6.07, 6.45) is 0.491. The fourth-order valence-electron chi connectivity index (χ4n) is 6.24. The van der Waals surface area contributed by atoms with Gasteiger partial charge in [-0.25, -0.2) is 4.79 Å². The minimum atomic E-state index is -2.50. The predicted octanol–water partition coefficient (Wildman–Crippen LogP) is -1.73. The van der Waals surface area contributed by atoms with E-state index in [1.54, 1.807) is 0 Å². The average molecular weight is 604 g/mol. The molecule has 3 fully saturated rings. The van der Waals surface area contributed by atoms with Gasteiger partial charge >= 0.3 is 17.9 Å². The molecule has 0 saturated carbocycles. The second-order valence-corrected chi connectivity index (χ2v) is 11.5. The largest absolute Gasteiger partial charge is 0.441 e. The molecule has 16 heteroatoms. The standard InChI is InChI=1S/C27H41N9O7/c37-21(41-18-4-10-31-24-28-7-1-13-34(18)24)16-27(40,23(39)43-20-6-12-33-26-30-9-3-15-36(20)26)17-22(38)42-19-5-11-32-25-29-8-2-14-35(19)25/h18-20,40H,1-17H2,(H,28,31)(H,29,32)(H,30,33). The zero-order chi connectivity index (χ0) is 29.8. The monoisotopic (exact) mass is 603 g/mol. The summed E-state index contributed by atoms with van der Waals surface area (Å²) in [4.78, 5) is 59.2. The summed E-state index contributed by atoms with van der Waals surface area (Å²) in [7, 11) is 0. The molecular formula is C27H41N9O7. The molecule has 0 aromatic rings. The van der Waals surface area contributed by atoms with E-state index in [9.17, 15) is 19.5 Å². The number of carbonyl (C=O) groups excluding carboxylic acids is 3. The van der Waals surface area contributed by atoms with E-state index in [0.29, 0.717) is 96.0 Å². The lowest BCUT2D eigenvalue weighted by Gasteiger charge is -2.41. The van der Waals surface area contributed by atoms with E-state index in [-0.39, 0.29) is 0 Å². The number of fused-ring (bicyclic) bond motifs is 3. The Morgan fingerprint density at radius 1 is 0.674 bits per heavy atom. The van der Waals surface area contributed by atoms with Crippen LogP contribution in [0.25, 0.3) is 0 Å². The van der Waals surface area contributed by atoms with E-state index in [2.05, 4.69) is 30.9 Å². The number of nitrogens with zero attached hydrogens (tertiary/aromatic N) is 6. The van der Waals surface area contributed by atoms with Gasteiger partial charge in [0, 0.05) is 78.2 Å². The molecule has 0 amide bonds. The van der Waals surface area contributed by atoms with Crippen LogP contribution in [0.4, 0.5) is 0 Å². The number of aliphatic imine (C=N–C) groups is 3. The number of ether oxygens (including phenoxy) is 3. The smallest absolute Gasteiger partial charge is 0.341 e. The topological polar surface area (TPSA) is 182 Å². The molecule has 6 aliphatic rings. The maximum atomic E-state index is 13.7. The highest BCUT2D eigenvalue weighted by Crippen LogP contribution is 2.26. The Balaban J connectivity index is 1.16. The zero-order valence-electron chi connectivity index (χ0n) is 24.3. The molecule has 0 aromatic carbocycles. The summed E-state index contributed by atoms with van der Waals surface area (Å²) in [5, 5.41) is 21.3. The van der Waals surface area contributed by atoms with Gasteiger partial charge in [-0.05, 0) is 19.3 Å². The van der Waals surface area contributed by atoms with Crippen LogP contribution in [0.15, 0.2) is 15.0 Å². The van der Waals surface area contributed by atoms with Gasteiger partial charge in [0.2, 0.25) is 0 Å². The first-order valence-electron chi connectivity index (χ1n) is 15.4. The van der Waals surface area contributed by atoms with Gasteiger partial charge in [0.25, 0.3) is 0 Å². The molecule has 3 atom stereocenters. The third-order valence-electron chi connectivity index (χ3n) is 8.37. The number of aliphatic hydroxyl groups is 1. The van der Waals surface area contributed by atoms with Crippen molar-refractivity contribution in [1.82, 2.24) is 30.7 Å². The van der Waals surface area contributed by atoms with Crippen LogP contribution in [-0.2, 0) is 28.6 Å². The molecule has 236 valence electrons. The van der Waals surface area contributed by atoms with Crippen LogP contribution in [0.2, 0.25) is 0 Å². The van der Waals surface area contributed by atoms with Crippen LogP contribution in [0.3, 0.4) is 0 Å². The lowest BCUT2D eigenvalue weighted by atomic mass is 9.95. The van der Waals surface area contributed by atoms with Crippen LogP contribution in [0.5, 0.6) is 0 Å². The van der Waals surface area contributed by atoms with E-state index >= 15 is 0 Å². The average Bonchev–Trinajstić information content (AvgIpc) is 3.01. The fourth-order valence-corrected chi connectivity index (χ4v) is 6.24. The van der Waals surface area contributed by atoms with Crippen molar-refractivity contribution in [1.29, 1.82) is 0 Å². The summed E-state index contributed by atoms with van der Waals surface area (Å²) in [5.74, 6) is -0.743. The van der Waals surface area contributed by atoms with E-state index in [0.717, 1.165) is 19.3 Å². The van der Waals surface area contributed by atoms with Crippen LogP contribution in [0, 0.1) is 0 Å². The minimum Gasteiger partial charge on any atom is -0.441 e. The third kappa shape index (κ3) is 6.58. The molecule has 6 rings (SSSR count). The molecule has 0 radical (unpaired) electrons. The SMILES string of the molecule is O=C(CC(O)(CC(=O)OC1CCNC2=NCCCN21)C(=O)OC1CCNC2=NCCCN21)OC1CCNC2=NCCCN21. The number of hydrogen-bond acceptors (Lipinski definition) is 16. The second-order valence-electron chi connectivity index (χ2n) is 11.5. The molecule has 3 saturated heterocycles. The van der Waals surface area contributed by atoms with Crippen molar-refractivity contribution >= 4 is 35.8 Å². The first-order chi connectivity index (χ1) is 20.9. The Hall–Kier alpha value is -3.82. The van der Waals surface area contributed by atoms with Crippen LogP contribution >= 0.6 is 0 Å². The highest BCUT2D eigenvalue weighted by atomic mass is 16.6. The molecular weight excluding hydrogens is 562 g/mol. The molecule has 4 N–H and O–H groups in total. The fraction of sp³-hybridized carbons (Fsp3) is 0.778. The van der Waals surface area contributed by atoms with Gasteiger partial charge in [0.15, 0.2) is 42.2 Å². The lowest BCUT2D eigenvalue weighted by Crippen LogP contribution is -2.59. The maximum Gasteiger partial charge on any atom is 0.341 e. The van der Waals surface area contributed by atoms with E-state index < -0.39 is 55.0 Å². The van der Waals surface area contributed by atoms with Gasteiger partial charge in [0.05, 0.1) is 12.8 Å². The molecule has 6 aliphatic heterocycles. The Kier molecular flexibility index (Phi) is 8.72. The van der Waals surface area contributed by atoms with Crippen molar-refractivity contribution < 1.29 is 33.7 Å². The Morgan fingerprint density at radius 3 is 1.44 bits per heavy atom. The van der Waals surface area contributed by atoms with Gasteiger partial charge < -0.3 is 50.0 Å². The van der Waals surface area contributed by atoms with Gasteiger partial charge in [-0.3, -0.25) is 24.6 Å². The number of carbonyl (C=O) groups is 3. The van der Waals surface area contributed by atoms with Gasteiger partial charge in [0.1, 0.15) is 0 Å². The van der Waals surface area contributed by atoms with Crippen molar-refractivity contribution in [2.24, 2.45) is 15.0 Å². The minimum absolute atomic E-state index is 0.452. The molecule has 6 heterocycles. The van der Waals surface area contributed by atoms with Crippen molar-refractivity contribution in [3.63, 3.8) is 0 Å². The molecule has 0 bridgehead atoms. The van der Waals surface area contributed by atoms with E-state index in [4.69, 9.17) is 14.2 Å². The van der Waals surface area contributed by atoms with E-state index in [1.807, 2.05) is 14.7 Å². The third-order valence-corrected chi connectivity index (χ3v) is 8.37. The van der Waals surface area contributed by atoms with Crippen molar-refractivity contribution in [2.75, 3.05) is 58.9 Å². The summed E-state index contributed by atoms with van der Waals surface area (Å²) < 4.78 is 17.3. The Labute approximate surface area is 249 Å². The van der Waals surface area contributed by atoms with Gasteiger partial charge in [-0.2, -0.15) is 0 Å². The Morgan fingerprint density at radius 2 is 1.05 bits per heavy atom. The second kappa shape index (κ2) is 12.8. The highest BCUT2D eigenvalue weighted by Gasteiger charge is 2.47. The molecule has 16 nitrogen and oxygen atoms in total. The summed E-state index contributed by atoms with van der Waals surface area (Å²) >= 11 is 0. The van der Waals surface area contributed by atoms with Crippen LogP contribution in [0.1, 0.15) is 51.4 Å². The molecule has 3 unspecified atom stereocenters. The van der Waals surface area contributed by atoms with Crippen LogP contribution in [-0.4, -0.2) is 139 Å². The predicted molar refractivity (Wildman–Crippen MR) is 153 cm³/mol. The Bertz CT molecular complexity index is 1120. The molecule has 43 heavy (non-hydrogen) atoms. The number of guanidine groups is 3. The first kappa shape index (κ1) is 29.3. The first-order valence-corrected chi connectivity index (χ1v) is 15.4. The molecule has 0 aliphatic carbocycles. The van der Waals surface area contributed by atoms with Gasteiger partial charge in [-0.1, -0.05) is 0 Å². The molecule has 0 spiro atoms. The number of nitrogens with one attached hydrogen (secondary N) is 3. The zero-order valence-corrected chi connectivity index (χ0v) is 24.3. The molecule has 0 aromatic heterocycles. The van der Waals surface area contributed by atoms with Gasteiger partial charge in [-0.15, -0.1) is 0 Å². The summed E-state index contributed by atoms with van der Waals surface area (Å²) in [6, 6.07) is 0. The highest BCUT2D eigenvalue weighted by molar-refractivity contribution is 5.91. The quantitative estimate of drug-likeness (QED) is 0.182. The maximum absolute atomic E-state index is 13.7. The lowest BCUT2D eigenvalue weighted by molar-refractivity contribution is -0.192. The summed E-state index contributed by atoms with van der Waals surface area (Å²) in [5.41, 5.74) is -2.50. The van der Waals surface area contributed by atoms with Crippen molar-refractivity contribution in [3.05, 3.63) is 0 Å². The van der Waals surface area contributed by atoms with Crippen molar-refractivity contribution in [2.45, 2.75) is 75.7 Å². The van der Waals surface area contributed by atoms with Crippen molar-refractivity contribution in [3.8, 4) is 0 Å². The number of esters is 3. The van der Waals surface area contributed by atoms with Crippen LogP contribution < -0.4 is 16.0 Å². The number of rotatable bonds is 8. The normalized spacial score (nSPS) is 28.0.